The highest BCUT2D eigenvalue weighted by Crippen LogP contribution is 2.18. The van der Waals surface area contributed by atoms with Gasteiger partial charge in [-0.3, -0.25) is 13.5 Å². The van der Waals surface area contributed by atoms with Gasteiger partial charge in [0.05, 0.1) is 11.4 Å². The van der Waals surface area contributed by atoms with E-state index < -0.39 is 0 Å². The molecule has 3 nitrogen and oxygen atoms in total. The number of hydrogen-bond acceptors (Lipinski definition) is 3. The molecule has 3 rings (SSSR count). The summed E-state index contributed by atoms with van der Waals surface area (Å²) >= 11 is 7.28. The van der Waals surface area contributed by atoms with Crippen LogP contribution in [0.15, 0.2) is 65.5 Å². The van der Waals surface area contributed by atoms with Gasteiger partial charge < -0.3 is 0 Å². The third-order valence-corrected chi connectivity index (χ3v) is 4.64. The van der Waals surface area contributed by atoms with Crippen LogP contribution < -0.4 is 5.56 Å². The van der Waals surface area contributed by atoms with Crippen LogP contribution in [0.1, 0.15) is 20.8 Å². The van der Waals surface area contributed by atoms with Crippen molar-refractivity contribution in [2.24, 2.45) is 0 Å². The molecule has 0 spiro atoms. The number of hydrogen-bond donors (Lipinski definition) is 0. The Hall–Kier alpha value is -2.17. The van der Waals surface area contributed by atoms with E-state index in [1.165, 1.54) is 10.0 Å². The monoisotopic (exact) mass is 329 g/mol. The van der Waals surface area contributed by atoms with Gasteiger partial charge in [0.1, 0.15) is 0 Å². The predicted molar refractivity (Wildman–Crippen MR) is 89.0 cm³/mol. The lowest BCUT2D eigenvalue weighted by Gasteiger charge is -2.03. The Morgan fingerprint density at radius 1 is 1.05 bits per heavy atom. The summed E-state index contributed by atoms with van der Waals surface area (Å²) in [6.45, 7) is 0.366. The summed E-state index contributed by atoms with van der Waals surface area (Å²) in [6.07, 6.45) is 0. The first-order chi connectivity index (χ1) is 10.6. The van der Waals surface area contributed by atoms with Crippen molar-refractivity contribution in [3.63, 3.8) is 0 Å². The highest BCUT2D eigenvalue weighted by molar-refractivity contribution is 7.08. The first kappa shape index (κ1) is 14.8. The lowest BCUT2D eigenvalue weighted by molar-refractivity contribution is 0.104. The van der Waals surface area contributed by atoms with E-state index in [4.69, 9.17) is 11.6 Å². The molecule has 0 aliphatic carbocycles. The van der Waals surface area contributed by atoms with Crippen LogP contribution in [0.5, 0.6) is 0 Å². The molecule has 110 valence electrons. The maximum atomic E-state index is 12.4. The van der Waals surface area contributed by atoms with Crippen molar-refractivity contribution < 1.29 is 4.79 Å². The number of rotatable bonds is 4. The van der Waals surface area contributed by atoms with Crippen LogP contribution in [-0.2, 0) is 6.54 Å². The summed E-state index contributed by atoms with van der Waals surface area (Å²) in [5.41, 5.74) is 1.24. The van der Waals surface area contributed by atoms with Crippen molar-refractivity contribution in [1.29, 1.82) is 0 Å². The molecule has 0 amide bonds. The van der Waals surface area contributed by atoms with Gasteiger partial charge >= 0.3 is 0 Å². The highest BCUT2D eigenvalue weighted by Gasteiger charge is 2.14. The van der Waals surface area contributed by atoms with Crippen LogP contribution in [-0.4, -0.2) is 9.74 Å². The summed E-state index contributed by atoms with van der Waals surface area (Å²) in [7, 11) is 0. The molecular weight excluding hydrogens is 318 g/mol. The van der Waals surface area contributed by atoms with E-state index in [1.54, 1.807) is 30.3 Å². The first-order valence-electron chi connectivity index (χ1n) is 6.69. The van der Waals surface area contributed by atoms with Crippen LogP contribution in [0.3, 0.4) is 0 Å². The van der Waals surface area contributed by atoms with E-state index in [0.717, 1.165) is 17.1 Å². The molecule has 0 radical (unpaired) electrons. The lowest BCUT2D eigenvalue weighted by atomic mass is 10.1. The maximum absolute atomic E-state index is 12.4. The number of carbonyl (C=O) groups excluding carboxylic acids is 1. The first-order valence-corrected chi connectivity index (χ1v) is 7.84. The molecular formula is C17H12ClNO2S. The van der Waals surface area contributed by atoms with Crippen LogP contribution in [0, 0.1) is 0 Å². The van der Waals surface area contributed by atoms with Crippen molar-refractivity contribution >= 4 is 28.9 Å². The van der Waals surface area contributed by atoms with E-state index in [0.29, 0.717) is 22.0 Å². The lowest BCUT2D eigenvalue weighted by Crippen LogP contribution is -2.12. The Balaban J connectivity index is 1.90. The van der Waals surface area contributed by atoms with Crippen LogP contribution in [0.2, 0.25) is 5.02 Å². The second-order valence-corrected chi connectivity index (χ2v) is 6.23. The number of nitrogens with zero attached hydrogens (tertiary/aromatic N) is 1. The third kappa shape index (κ3) is 3.03. The largest absolute Gasteiger partial charge is 0.288 e. The molecule has 0 saturated carbocycles. The number of halogens is 1. The quantitative estimate of drug-likeness (QED) is 0.682. The molecule has 22 heavy (non-hydrogen) atoms. The molecule has 0 saturated heterocycles. The summed E-state index contributed by atoms with van der Waals surface area (Å²) in [6, 6.07) is 17.7. The van der Waals surface area contributed by atoms with Crippen LogP contribution in [0.25, 0.3) is 0 Å². The summed E-state index contributed by atoms with van der Waals surface area (Å²) in [5, 5.41) is 0.610. The molecule has 2 aromatic carbocycles. The molecule has 0 aliphatic heterocycles. The zero-order valence-electron chi connectivity index (χ0n) is 11.5. The molecule has 0 aliphatic rings. The van der Waals surface area contributed by atoms with Gasteiger partial charge in [0.2, 0.25) is 5.78 Å². The number of ketones is 1. The van der Waals surface area contributed by atoms with Crippen molar-refractivity contribution in [3.05, 3.63) is 92.0 Å². The molecule has 0 N–H and O–H groups in total. The third-order valence-electron chi connectivity index (χ3n) is 3.24. The van der Waals surface area contributed by atoms with Crippen LogP contribution in [0.4, 0.5) is 0 Å². The molecule has 0 fully saturated rings. The average Bonchev–Trinajstić information content (AvgIpc) is 2.91. The minimum Gasteiger partial charge on any atom is -0.288 e. The van der Waals surface area contributed by atoms with Gasteiger partial charge in [0, 0.05) is 16.7 Å². The second kappa shape index (κ2) is 6.30. The van der Waals surface area contributed by atoms with E-state index in [-0.39, 0.29) is 11.3 Å². The molecule has 0 atom stereocenters. The molecule has 3 aromatic rings. The molecule has 1 heterocycles. The predicted octanol–water partition coefficient (Wildman–Crippen LogP) is 3.84. The number of aromatic nitrogens is 1. The average molecular weight is 330 g/mol. The van der Waals surface area contributed by atoms with Crippen molar-refractivity contribution in [2.75, 3.05) is 0 Å². The van der Waals surface area contributed by atoms with Gasteiger partial charge in [-0.25, -0.2) is 0 Å². The SMILES string of the molecule is O=C(c1ccccc1)c1cc(=O)n(Cc2ccccc2Cl)s1. The maximum Gasteiger partial charge on any atom is 0.261 e. The molecule has 1 aromatic heterocycles. The Bertz CT molecular complexity index is 868. The summed E-state index contributed by atoms with van der Waals surface area (Å²) in [4.78, 5) is 24.9. The Morgan fingerprint density at radius 2 is 1.73 bits per heavy atom. The topological polar surface area (TPSA) is 39.1 Å². The molecule has 0 unspecified atom stereocenters. The Morgan fingerprint density at radius 3 is 2.45 bits per heavy atom. The van der Waals surface area contributed by atoms with Crippen molar-refractivity contribution in [3.8, 4) is 0 Å². The van der Waals surface area contributed by atoms with Gasteiger partial charge in [-0.2, -0.15) is 0 Å². The Kier molecular flexibility index (Phi) is 4.22. The van der Waals surface area contributed by atoms with E-state index in [1.807, 2.05) is 24.3 Å². The number of carbonyl (C=O) groups is 1. The minimum atomic E-state index is -0.191. The van der Waals surface area contributed by atoms with Crippen molar-refractivity contribution in [2.45, 2.75) is 6.54 Å². The summed E-state index contributed by atoms with van der Waals surface area (Å²) in [5.74, 6) is -0.138. The summed E-state index contributed by atoms with van der Waals surface area (Å²) < 4.78 is 1.54. The van der Waals surface area contributed by atoms with E-state index in [2.05, 4.69) is 0 Å². The van der Waals surface area contributed by atoms with Crippen molar-refractivity contribution in [1.82, 2.24) is 3.96 Å². The highest BCUT2D eigenvalue weighted by atomic mass is 35.5. The zero-order valence-corrected chi connectivity index (χ0v) is 13.1. The fourth-order valence-corrected chi connectivity index (χ4v) is 3.24. The smallest absolute Gasteiger partial charge is 0.261 e. The minimum absolute atomic E-state index is 0.138. The van der Waals surface area contributed by atoms with E-state index in [9.17, 15) is 9.59 Å². The van der Waals surface area contributed by atoms with Gasteiger partial charge in [-0.05, 0) is 11.6 Å². The van der Waals surface area contributed by atoms with Gasteiger partial charge in [-0.15, -0.1) is 0 Å². The second-order valence-electron chi connectivity index (χ2n) is 4.76. The van der Waals surface area contributed by atoms with E-state index >= 15 is 0 Å². The normalized spacial score (nSPS) is 10.6. The molecule has 0 bridgehead atoms. The molecule has 5 heteroatoms. The van der Waals surface area contributed by atoms with Gasteiger partial charge in [0.25, 0.3) is 5.56 Å². The van der Waals surface area contributed by atoms with Gasteiger partial charge in [0.15, 0.2) is 0 Å². The zero-order chi connectivity index (χ0) is 15.5. The fourth-order valence-electron chi connectivity index (χ4n) is 2.10. The van der Waals surface area contributed by atoms with Crippen LogP contribution >= 0.6 is 23.1 Å². The Labute approximate surface area is 136 Å². The number of benzene rings is 2. The standard InChI is InChI=1S/C17H12ClNO2S/c18-14-9-5-4-8-13(14)11-19-16(20)10-15(22-19)17(21)12-6-2-1-3-7-12/h1-10H,11H2. The fraction of sp³-hybridized carbons (Fsp3) is 0.0588. The van der Waals surface area contributed by atoms with Gasteiger partial charge in [-0.1, -0.05) is 71.7 Å².